The number of fused-ring (bicyclic) bond motifs is 2. The lowest BCUT2D eigenvalue weighted by molar-refractivity contribution is 0.236. The van der Waals surface area contributed by atoms with Crippen LogP contribution in [0.5, 0.6) is 5.88 Å². The van der Waals surface area contributed by atoms with Crippen LogP contribution < -0.4 is 10.2 Å². The molecule has 3 aromatic rings. The van der Waals surface area contributed by atoms with Crippen LogP contribution in [0.15, 0.2) is 59.4 Å². The molecule has 3 heteroatoms. The summed E-state index contributed by atoms with van der Waals surface area (Å²) in [5.41, 5.74) is 3.19. The Balaban J connectivity index is 1.83. The number of nitrogens with zero attached hydrogens (tertiary/aromatic N) is 1. The molecule has 116 valence electrons. The molecule has 0 N–H and O–H groups in total. The van der Waals surface area contributed by atoms with E-state index in [-0.39, 0.29) is 11.5 Å². The van der Waals surface area contributed by atoms with Gasteiger partial charge in [-0.25, -0.2) is 0 Å². The minimum absolute atomic E-state index is 0.0671. The van der Waals surface area contributed by atoms with Crippen molar-refractivity contribution in [2.24, 2.45) is 0 Å². The quantitative estimate of drug-likeness (QED) is 0.741. The smallest absolute Gasteiger partial charge is 0.201 e. The fraction of sp³-hybridized carbons (Fsp3) is 0.250. The Hall–Kier alpha value is -2.55. The van der Waals surface area contributed by atoms with E-state index < -0.39 is 0 Å². The number of rotatable bonds is 3. The summed E-state index contributed by atoms with van der Waals surface area (Å²) in [6, 6.07) is 18.2. The molecular weight excluding hydrogens is 286 g/mol. The SMILES string of the molecule is CC1Cc2c(n(CCc3ccccc3)c3ccccc3c2=O)O1. The lowest BCUT2D eigenvalue weighted by atomic mass is 10.1. The number of hydrogen-bond acceptors (Lipinski definition) is 2. The van der Waals surface area contributed by atoms with Crippen molar-refractivity contribution >= 4 is 10.9 Å². The van der Waals surface area contributed by atoms with Gasteiger partial charge in [-0.15, -0.1) is 0 Å². The molecule has 0 amide bonds. The van der Waals surface area contributed by atoms with Gasteiger partial charge in [0.2, 0.25) is 5.88 Å². The van der Waals surface area contributed by atoms with Crippen LogP contribution in [-0.4, -0.2) is 10.7 Å². The molecule has 1 unspecified atom stereocenters. The highest BCUT2D eigenvalue weighted by Gasteiger charge is 2.27. The minimum Gasteiger partial charge on any atom is -0.475 e. The molecule has 0 bridgehead atoms. The normalized spacial score (nSPS) is 16.3. The molecule has 0 fully saturated rings. The molecule has 1 aliphatic heterocycles. The maximum Gasteiger partial charge on any atom is 0.201 e. The van der Waals surface area contributed by atoms with Gasteiger partial charge in [0.15, 0.2) is 5.43 Å². The van der Waals surface area contributed by atoms with Gasteiger partial charge in [-0.05, 0) is 31.0 Å². The van der Waals surface area contributed by atoms with Gasteiger partial charge >= 0.3 is 0 Å². The zero-order valence-electron chi connectivity index (χ0n) is 13.2. The Bertz CT molecular complexity index is 912. The third kappa shape index (κ3) is 2.42. The Labute approximate surface area is 135 Å². The van der Waals surface area contributed by atoms with E-state index in [1.807, 2.05) is 37.3 Å². The summed E-state index contributed by atoms with van der Waals surface area (Å²) in [5, 5.41) is 0.789. The first-order valence-electron chi connectivity index (χ1n) is 8.09. The highest BCUT2D eigenvalue weighted by atomic mass is 16.5. The van der Waals surface area contributed by atoms with Crippen molar-refractivity contribution in [1.29, 1.82) is 0 Å². The number of pyridine rings is 1. The standard InChI is InChI=1S/C20H19NO2/c1-14-13-17-19(22)16-9-5-6-10-18(16)21(20(17)23-14)12-11-15-7-3-2-4-8-15/h2-10,14H,11-13H2,1H3. The van der Waals surface area contributed by atoms with E-state index in [0.29, 0.717) is 6.42 Å². The number of aryl methyl sites for hydroxylation is 2. The van der Waals surface area contributed by atoms with Crippen molar-refractivity contribution in [1.82, 2.24) is 4.57 Å². The molecule has 0 saturated carbocycles. The third-order valence-corrected chi connectivity index (χ3v) is 4.49. The van der Waals surface area contributed by atoms with Crippen molar-refractivity contribution in [3.63, 3.8) is 0 Å². The molecule has 0 spiro atoms. The Morgan fingerprint density at radius 1 is 1.09 bits per heavy atom. The average molecular weight is 305 g/mol. The Morgan fingerprint density at radius 2 is 1.83 bits per heavy atom. The van der Waals surface area contributed by atoms with Crippen LogP contribution in [0.4, 0.5) is 0 Å². The predicted octanol–water partition coefficient (Wildman–Crippen LogP) is 3.57. The van der Waals surface area contributed by atoms with Crippen molar-refractivity contribution in [2.45, 2.75) is 32.4 Å². The van der Waals surface area contributed by atoms with Gasteiger partial charge < -0.3 is 9.30 Å². The number of ether oxygens (including phenoxy) is 1. The summed E-state index contributed by atoms with van der Waals surface area (Å²) in [7, 11) is 0. The van der Waals surface area contributed by atoms with Crippen LogP contribution in [-0.2, 0) is 19.4 Å². The van der Waals surface area contributed by atoms with Gasteiger partial charge in [-0.1, -0.05) is 42.5 Å². The monoisotopic (exact) mass is 305 g/mol. The summed E-state index contributed by atoms with van der Waals surface area (Å²) >= 11 is 0. The van der Waals surface area contributed by atoms with Crippen molar-refractivity contribution < 1.29 is 4.74 Å². The molecule has 23 heavy (non-hydrogen) atoms. The van der Waals surface area contributed by atoms with Crippen LogP contribution >= 0.6 is 0 Å². The highest BCUT2D eigenvalue weighted by molar-refractivity contribution is 5.81. The van der Waals surface area contributed by atoms with Crippen molar-refractivity contribution in [3.8, 4) is 5.88 Å². The van der Waals surface area contributed by atoms with E-state index >= 15 is 0 Å². The molecular formula is C20H19NO2. The minimum atomic E-state index is 0.0671. The highest BCUT2D eigenvalue weighted by Crippen LogP contribution is 2.30. The second-order valence-electron chi connectivity index (χ2n) is 6.15. The van der Waals surface area contributed by atoms with Crippen molar-refractivity contribution in [2.75, 3.05) is 0 Å². The Kier molecular flexibility index (Phi) is 3.41. The molecule has 0 saturated heterocycles. The molecule has 2 heterocycles. The number of hydrogen-bond donors (Lipinski definition) is 0. The molecule has 1 aliphatic rings. The van der Waals surface area contributed by atoms with Gasteiger partial charge in [-0.2, -0.15) is 0 Å². The van der Waals surface area contributed by atoms with Gasteiger partial charge in [-0.3, -0.25) is 4.79 Å². The second kappa shape index (κ2) is 5.58. The molecule has 2 aromatic carbocycles. The first kappa shape index (κ1) is 14.1. The fourth-order valence-corrected chi connectivity index (χ4v) is 3.38. The molecule has 0 aliphatic carbocycles. The summed E-state index contributed by atoms with van der Waals surface area (Å²) in [4.78, 5) is 12.7. The van der Waals surface area contributed by atoms with E-state index in [0.717, 1.165) is 35.3 Å². The van der Waals surface area contributed by atoms with E-state index in [2.05, 4.69) is 28.8 Å². The topological polar surface area (TPSA) is 31.2 Å². The number of benzene rings is 2. The lowest BCUT2D eigenvalue weighted by Gasteiger charge is -2.16. The largest absolute Gasteiger partial charge is 0.475 e. The fourth-order valence-electron chi connectivity index (χ4n) is 3.38. The molecule has 1 atom stereocenters. The van der Waals surface area contributed by atoms with Gasteiger partial charge in [0, 0.05) is 18.4 Å². The van der Waals surface area contributed by atoms with Gasteiger partial charge in [0.05, 0.1) is 11.1 Å². The van der Waals surface area contributed by atoms with Crippen molar-refractivity contribution in [3.05, 3.63) is 75.9 Å². The molecule has 3 nitrogen and oxygen atoms in total. The summed E-state index contributed by atoms with van der Waals surface area (Å²) < 4.78 is 8.15. The van der Waals surface area contributed by atoms with E-state index in [9.17, 15) is 4.79 Å². The second-order valence-corrected chi connectivity index (χ2v) is 6.15. The zero-order chi connectivity index (χ0) is 15.8. The average Bonchev–Trinajstić information content (AvgIpc) is 2.98. The molecule has 4 rings (SSSR count). The van der Waals surface area contributed by atoms with Crippen LogP contribution in [0.2, 0.25) is 0 Å². The zero-order valence-corrected chi connectivity index (χ0v) is 13.2. The third-order valence-electron chi connectivity index (χ3n) is 4.49. The number of para-hydroxylation sites is 1. The van der Waals surface area contributed by atoms with E-state index in [1.165, 1.54) is 5.56 Å². The van der Waals surface area contributed by atoms with Crippen LogP contribution in [0.25, 0.3) is 10.9 Å². The maximum absolute atomic E-state index is 12.7. The summed E-state index contributed by atoms with van der Waals surface area (Å²) in [5.74, 6) is 0.761. The first-order chi connectivity index (χ1) is 11.2. The molecule has 1 aromatic heterocycles. The van der Waals surface area contributed by atoms with Crippen LogP contribution in [0.3, 0.4) is 0 Å². The molecule has 0 radical (unpaired) electrons. The van der Waals surface area contributed by atoms with E-state index in [4.69, 9.17) is 4.74 Å². The van der Waals surface area contributed by atoms with Crippen LogP contribution in [0.1, 0.15) is 18.1 Å². The summed E-state index contributed by atoms with van der Waals surface area (Å²) in [6.45, 7) is 2.82. The van der Waals surface area contributed by atoms with Gasteiger partial charge in [0.1, 0.15) is 6.10 Å². The maximum atomic E-state index is 12.7. The Morgan fingerprint density at radius 3 is 2.65 bits per heavy atom. The lowest BCUT2D eigenvalue weighted by Crippen LogP contribution is -2.15. The van der Waals surface area contributed by atoms with Gasteiger partial charge in [0.25, 0.3) is 0 Å². The summed E-state index contributed by atoms with van der Waals surface area (Å²) in [6.07, 6.45) is 1.68. The number of aromatic nitrogens is 1. The predicted molar refractivity (Wildman–Crippen MR) is 92.1 cm³/mol. The first-order valence-corrected chi connectivity index (χ1v) is 8.09. The van der Waals surface area contributed by atoms with E-state index in [1.54, 1.807) is 0 Å². The van der Waals surface area contributed by atoms with Crippen LogP contribution in [0, 0.1) is 0 Å².